The molecule has 5 rings (SSSR count). The molecule has 0 aromatic carbocycles. The number of amidine groups is 1. The molecule has 1 heterocycles. The average molecular weight is 301 g/mol. The van der Waals surface area contributed by atoms with Crippen LogP contribution in [0.5, 0.6) is 0 Å². The van der Waals surface area contributed by atoms with E-state index >= 15 is 0 Å². The second kappa shape index (κ2) is 4.15. The molecule has 4 aliphatic carbocycles. The molecule has 0 aromatic heterocycles. The van der Waals surface area contributed by atoms with E-state index in [0.717, 1.165) is 12.8 Å². The van der Waals surface area contributed by atoms with Gasteiger partial charge in [-0.05, 0) is 44.1 Å². The number of hydrogen-bond acceptors (Lipinski definition) is 3. The first-order valence-electron chi connectivity index (χ1n) is 8.77. The van der Waals surface area contributed by atoms with Crippen LogP contribution in [-0.2, 0) is 0 Å². The van der Waals surface area contributed by atoms with Crippen LogP contribution in [0.1, 0.15) is 51.9 Å². The van der Waals surface area contributed by atoms with E-state index in [1.807, 2.05) is 6.08 Å². The number of rotatable bonds is 4. The van der Waals surface area contributed by atoms with Crippen molar-refractivity contribution in [2.45, 2.75) is 70.2 Å². The Kier molecular flexibility index (Phi) is 2.48. The van der Waals surface area contributed by atoms with E-state index in [4.69, 9.17) is 5.10 Å². The van der Waals surface area contributed by atoms with Crippen LogP contribution in [0.15, 0.2) is 28.9 Å². The van der Waals surface area contributed by atoms with Crippen molar-refractivity contribution in [3.63, 3.8) is 0 Å². The fourth-order valence-corrected chi connectivity index (χ4v) is 4.13. The number of nitrogens with zero attached hydrogens (tertiary/aromatic N) is 2. The fourth-order valence-electron chi connectivity index (χ4n) is 4.13. The lowest BCUT2D eigenvalue weighted by molar-refractivity contribution is 0.196. The number of hydrogen-bond donors (Lipinski definition) is 1. The highest BCUT2D eigenvalue weighted by molar-refractivity contribution is 5.96. The standard InChI is InChI=1S/C18H24FN3/c1-17(8-9-17)15-20-21-16(22(15)14-6-7-14)18(10-11-18)12-2-4-13(19)5-3-12/h2-4,13-15,20H,5-11H2,1H3. The van der Waals surface area contributed by atoms with Crippen LogP contribution in [0.3, 0.4) is 0 Å². The van der Waals surface area contributed by atoms with Crippen LogP contribution in [0.25, 0.3) is 0 Å². The van der Waals surface area contributed by atoms with Crippen molar-refractivity contribution in [3.8, 4) is 0 Å². The van der Waals surface area contributed by atoms with Crippen LogP contribution in [0.4, 0.5) is 4.39 Å². The zero-order chi connectivity index (χ0) is 14.9. The summed E-state index contributed by atoms with van der Waals surface area (Å²) in [6, 6.07) is 0.677. The van der Waals surface area contributed by atoms with Gasteiger partial charge in [0.15, 0.2) is 0 Å². The van der Waals surface area contributed by atoms with Crippen LogP contribution >= 0.6 is 0 Å². The third-order valence-corrected chi connectivity index (χ3v) is 6.23. The van der Waals surface area contributed by atoms with Crippen LogP contribution < -0.4 is 5.43 Å². The van der Waals surface area contributed by atoms with Gasteiger partial charge in [-0.1, -0.05) is 25.2 Å². The normalized spacial score (nSPS) is 37.5. The van der Waals surface area contributed by atoms with Crippen LogP contribution in [-0.4, -0.2) is 29.1 Å². The maximum absolute atomic E-state index is 13.4. The molecule has 0 radical (unpaired) electrons. The Morgan fingerprint density at radius 1 is 1.27 bits per heavy atom. The molecular weight excluding hydrogens is 277 g/mol. The summed E-state index contributed by atoms with van der Waals surface area (Å²) < 4.78 is 13.4. The van der Waals surface area contributed by atoms with E-state index in [1.54, 1.807) is 6.08 Å². The third-order valence-electron chi connectivity index (χ3n) is 6.23. The summed E-state index contributed by atoms with van der Waals surface area (Å²) in [5.41, 5.74) is 5.23. The van der Waals surface area contributed by atoms with Crippen molar-refractivity contribution in [2.24, 2.45) is 15.9 Å². The van der Waals surface area contributed by atoms with Crippen LogP contribution in [0.2, 0.25) is 0 Å². The molecule has 3 saturated carbocycles. The predicted octanol–water partition coefficient (Wildman–Crippen LogP) is 3.50. The molecule has 0 spiro atoms. The molecule has 22 heavy (non-hydrogen) atoms. The summed E-state index contributed by atoms with van der Waals surface area (Å²) in [4.78, 5) is 2.61. The molecule has 2 atom stereocenters. The van der Waals surface area contributed by atoms with E-state index in [1.165, 1.54) is 37.1 Å². The number of halogens is 1. The van der Waals surface area contributed by atoms with E-state index < -0.39 is 6.17 Å². The first-order valence-corrected chi connectivity index (χ1v) is 8.77. The highest BCUT2D eigenvalue weighted by Gasteiger charge is 2.60. The van der Waals surface area contributed by atoms with Gasteiger partial charge in [-0.2, -0.15) is 5.10 Å². The van der Waals surface area contributed by atoms with E-state index in [0.29, 0.717) is 24.0 Å². The monoisotopic (exact) mass is 301 g/mol. The molecule has 3 nitrogen and oxygen atoms in total. The van der Waals surface area contributed by atoms with E-state index in [2.05, 4.69) is 23.3 Å². The zero-order valence-electron chi connectivity index (χ0n) is 13.2. The fraction of sp³-hybridized carbons (Fsp3) is 0.722. The van der Waals surface area contributed by atoms with Gasteiger partial charge in [-0.25, -0.2) is 4.39 Å². The van der Waals surface area contributed by atoms with Gasteiger partial charge in [0.1, 0.15) is 18.2 Å². The lowest BCUT2D eigenvalue weighted by atomic mass is 9.88. The molecule has 5 aliphatic rings. The zero-order valence-corrected chi connectivity index (χ0v) is 13.2. The number of alkyl halides is 1. The van der Waals surface area contributed by atoms with Crippen molar-refractivity contribution in [2.75, 3.05) is 0 Å². The molecule has 0 bridgehead atoms. The minimum atomic E-state index is -0.805. The summed E-state index contributed by atoms with van der Waals surface area (Å²) in [5, 5.41) is 4.82. The van der Waals surface area contributed by atoms with Gasteiger partial charge in [0.25, 0.3) is 0 Å². The number of allylic oxidation sites excluding steroid dienone is 3. The van der Waals surface area contributed by atoms with E-state index in [9.17, 15) is 4.39 Å². The Hall–Kier alpha value is -1.32. The highest BCUT2D eigenvalue weighted by Crippen LogP contribution is 2.59. The first kappa shape index (κ1) is 13.1. The molecule has 2 unspecified atom stereocenters. The molecule has 0 saturated heterocycles. The minimum Gasteiger partial charge on any atom is -0.333 e. The molecule has 3 fully saturated rings. The Morgan fingerprint density at radius 2 is 2.05 bits per heavy atom. The summed E-state index contributed by atoms with van der Waals surface area (Å²) in [5.74, 6) is 1.25. The third kappa shape index (κ3) is 1.82. The Morgan fingerprint density at radius 3 is 2.59 bits per heavy atom. The second-order valence-corrected chi connectivity index (χ2v) is 8.11. The van der Waals surface area contributed by atoms with Gasteiger partial charge < -0.3 is 4.90 Å². The second-order valence-electron chi connectivity index (χ2n) is 8.11. The number of nitrogens with one attached hydrogen (secondary N) is 1. The van der Waals surface area contributed by atoms with Gasteiger partial charge >= 0.3 is 0 Å². The Labute approximate surface area is 131 Å². The first-order chi connectivity index (χ1) is 10.6. The maximum Gasteiger partial charge on any atom is 0.137 e. The van der Waals surface area contributed by atoms with Gasteiger partial charge in [-0.15, -0.1) is 0 Å². The molecule has 118 valence electrons. The maximum atomic E-state index is 13.4. The Bertz CT molecular complexity index is 593. The molecular formula is C18H24FN3. The molecule has 0 amide bonds. The smallest absolute Gasteiger partial charge is 0.137 e. The van der Waals surface area contributed by atoms with Gasteiger partial charge in [0.05, 0.1) is 5.41 Å². The topological polar surface area (TPSA) is 27.6 Å². The summed E-state index contributed by atoms with van der Waals surface area (Å²) in [7, 11) is 0. The summed E-state index contributed by atoms with van der Waals surface area (Å²) >= 11 is 0. The van der Waals surface area contributed by atoms with Crippen molar-refractivity contribution in [1.82, 2.24) is 10.3 Å². The largest absolute Gasteiger partial charge is 0.333 e. The van der Waals surface area contributed by atoms with E-state index in [-0.39, 0.29) is 5.41 Å². The van der Waals surface area contributed by atoms with Crippen molar-refractivity contribution >= 4 is 5.84 Å². The lowest BCUT2D eigenvalue weighted by Gasteiger charge is -2.35. The average Bonchev–Trinajstić information content (AvgIpc) is 3.39. The minimum absolute atomic E-state index is 0.0756. The van der Waals surface area contributed by atoms with Crippen molar-refractivity contribution in [3.05, 3.63) is 23.8 Å². The molecule has 4 heteroatoms. The summed E-state index contributed by atoms with van der Waals surface area (Å²) in [6.45, 7) is 2.38. The molecule has 1 N–H and O–H groups in total. The molecule has 0 aromatic rings. The predicted molar refractivity (Wildman–Crippen MR) is 85.0 cm³/mol. The summed E-state index contributed by atoms with van der Waals surface area (Å²) in [6.07, 6.45) is 13.5. The van der Waals surface area contributed by atoms with Gasteiger partial charge in [0.2, 0.25) is 0 Å². The SMILES string of the molecule is CC1(C2NN=C(C3(C4=CCC(F)C=C4)CC3)N2C2CC2)CC1. The van der Waals surface area contributed by atoms with Crippen molar-refractivity contribution < 1.29 is 4.39 Å². The highest BCUT2D eigenvalue weighted by atomic mass is 19.1. The lowest BCUT2D eigenvalue weighted by Crippen LogP contribution is -2.49. The van der Waals surface area contributed by atoms with Crippen molar-refractivity contribution in [1.29, 1.82) is 0 Å². The van der Waals surface area contributed by atoms with Crippen LogP contribution in [0, 0.1) is 10.8 Å². The van der Waals surface area contributed by atoms with Gasteiger partial charge in [-0.3, -0.25) is 5.43 Å². The number of hydrazone groups is 1. The Balaban J connectivity index is 1.46. The van der Waals surface area contributed by atoms with Gasteiger partial charge in [0, 0.05) is 17.9 Å². The quantitative estimate of drug-likeness (QED) is 0.860. The molecule has 1 aliphatic heterocycles.